The molecule has 3 rings (SSSR count). The van der Waals surface area contributed by atoms with Crippen LogP contribution in [-0.2, 0) is 17.1 Å². The third kappa shape index (κ3) is 3.96. The zero-order valence-electron chi connectivity index (χ0n) is 15.3. The minimum atomic E-state index is -3.46. The topological polar surface area (TPSA) is 110 Å². The van der Waals surface area contributed by atoms with Crippen molar-refractivity contribution in [3.05, 3.63) is 46.1 Å². The summed E-state index contributed by atoms with van der Waals surface area (Å²) in [5, 5.41) is 18.5. The number of hydrogen-bond donors (Lipinski definition) is 1. The van der Waals surface area contributed by atoms with Crippen molar-refractivity contribution >= 4 is 21.5 Å². The number of piperidine rings is 1. The molecule has 1 saturated heterocycles. The molecule has 146 valence electrons. The number of nitrogens with one attached hydrogen (secondary N) is 1. The molecule has 1 aliphatic heterocycles. The molecule has 0 unspecified atom stereocenters. The zero-order valence-corrected chi connectivity index (χ0v) is 16.1. The van der Waals surface area contributed by atoms with Crippen molar-refractivity contribution in [1.82, 2.24) is 14.1 Å². The number of benzene rings is 1. The number of nitro groups is 1. The Hall–Kier alpha value is -2.46. The van der Waals surface area contributed by atoms with Crippen molar-refractivity contribution < 1.29 is 13.3 Å². The second-order valence-corrected chi connectivity index (χ2v) is 8.64. The number of sulfonamides is 1. The molecule has 0 saturated carbocycles. The van der Waals surface area contributed by atoms with Gasteiger partial charge in [-0.1, -0.05) is 18.2 Å². The van der Waals surface area contributed by atoms with Crippen molar-refractivity contribution in [3.8, 4) is 0 Å². The van der Waals surface area contributed by atoms with Crippen LogP contribution in [0.4, 0.5) is 11.5 Å². The van der Waals surface area contributed by atoms with Crippen molar-refractivity contribution in [3.63, 3.8) is 0 Å². The summed E-state index contributed by atoms with van der Waals surface area (Å²) in [6.07, 6.45) is 1.40. The molecular weight excluding hydrogens is 370 g/mol. The first-order chi connectivity index (χ1) is 12.8. The highest BCUT2D eigenvalue weighted by atomic mass is 32.2. The summed E-state index contributed by atoms with van der Waals surface area (Å²) >= 11 is 0. The van der Waals surface area contributed by atoms with Crippen LogP contribution in [0.2, 0.25) is 0 Å². The van der Waals surface area contributed by atoms with Crippen LogP contribution in [0.25, 0.3) is 0 Å². The van der Waals surface area contributed by atoms with E-state index >= 15 is 0 Å². The molecule has 1 N–H and O–H groups in total. The molecule has 9 nitrogen and oxygen atoms in total. The smallest absolute Gasteiger partial charge is 0.333 e. The predicted molar refractivity (Wildman–Crippen MR) is 101 cm³/mol. The van der Waals surface area contributed by atoms with Gasteiger partial charge in [0.25, 0.3) is 0 Å². The van der Waals surface area contributed by atoms with E-state index in [9.17, 15) is 18.5 Å². The molecule has 0 amide bonds. The maximum atomic E-state index is 12.7. The maximum absolute atomic E-state index is 12.7. The molecule has 2 aromatic rings. The molecule has 0 radical (unpaired) electrons. The van der Waals surface area contributed by atoms with Crippen LogP contribution in [0.15, 0.2) is 35.2 Å². The number of nitrogens with zero attached hydrogens (tertiary/aromatic N) is 4. The van der Waals surface area contributed by atoms with Crippen LogP contribution in [0, 0.1) is 23.0 Å². The van der Waals surface area contributed by atoms with Crippen molar-refractivity contribution in [2.75, 3.05) is 25.0 Å². The van der Waals surface area contributed by atoms with Crippen LogP contribution >= 0.6 is 0 Å². The Morgan fingerprint density at radius 1 is 1.26 bits per heavy atom. The minimum absolute atomic E-state index is 0.0124. The molecular formula is C17H23N5O4S. The molecule has 1 aromatic heterocycles. The van der Waals surface area contributed by atoms with Gasteiger partial charge in [0.1, 0.15) is 5.69 Å². The van der Waals surface area contributed by atoms with Crippen LogP contribution in [0.5, 0.6) is 0 Å². The van der Waals surface area contributed by atoms with Gasteiger partial charge in [-0.15, -0.1) is 0 Å². The lowest BCUT2D eigenvalue weighted by atomic mass is 9.98. The molecule has 27 heavy (non-hydrogen) atoms. The average molecular weight is 393 g/mol. The standard InChI is InChI=1S/C17H23N5O4S/c1-13-16(22(23)24)17(20(2)19-13)18-12-14-8-10-21(11-9-14)27(25,26)15-6-4-3-5-7-15/h3-7,14,18H,8-12H2,1-2H3. The van der Waals surface area contributed by atoms with Gasteiger partial charge in [0.2, 0.25) is 15.8 Å². The van der Waals surface area contributed by atoms with Gasteiger partial charge >= 0.3 is 5.69 Å². The van der Waals surface area contributed by atoms with Gasteiger partial charge in [-0.3, -0.25) is 10.1 Å². The first-order valence-corrected chi connectivity index (χ1v) is 10.2. The van der Waals surface area contributed by atoms with E-state index in [0.29, 0.717) is 48.9 Å². The lowest BCUT2D eigenvalue weighted by Crippen LogP contribution is -2.39. The first kappa shape index (κ1) is 19.3. The van der Waals surface area contributed by atoms with E-state index < -0.39 is 14.9 Å². The average Bonchev–Trinajstić information content (AvgIpc) is 2.94. The molecule has 0 aliphatic carbocycles. The van der Waals surface area contributed by atoms with E-state index in [0.717, 1.165) is 0 Å². The number of aromatic nitrogens is 2. The van der Waals surface area contributed by atoms with E-state index in [4.69, 9.17) is 0 Å². The Morgan fingerprint density at radius 3 is 2.48 bits per heavy atom. The third-order valence-corrected chi connectivity index (χ3v) is 6.80. The van der Waals surface area contributed by atoms with Gasteiger partial charge in [-0.05, 0) is 37.8 Å². The molecule has 0 spiro atoms. The van der Waals surface area contributed by atoms with Crippen molar-refractivity contribution in [2.45, 2.75) is 24.7 Å². The Balaban J connectivity index is 1.60. The summed E-state index contributed by atoms with van der Waals surface area (Å²) < 4.78 is 28.3. The van der Waals surface area contributed by atoms with Gasteiger partial charge in [0, 0.05) is 26.7 Å². The summed E-state index contributed by atoms with van der Waals surface area (Å²) in [6.45, 7) is 3.03. The summed E-state index contributed by atoms with van der Waals surface area (Å²) in [5.41, 5.74) is 0.357. The molecule has 10 heteroatoms. The van der Waals surface area contributed by atoms with Gasteiger partial charge in [-0.25, -0.2) is 13.1 Å². The molecule has 2 heterocycles. The monoisotopic (exact) mass is 393 g/mol. The Labute approximate surface area is 158 Å². The highest BCUT2D eigenvalue weighted by molar-refractivity contribution is 7.89. The zero-order chi connectivity index (χ0) is 19.6. The lowest BCUT2D eigenvalue weighted by Gasteiger charge is -2.31. The highest BCUT2D eigenvalue weighted by Gasteiger charge is 2.30. The number of anilines is 1. The fourth-order valence-corrected chi connectivity index (χ4v) is 4.89. The minimum Gasteiger partial charge on any atom is -0.364 e. The number of rotatable bonds is 6. The Bertz CT molecular complexity index is 918. The largest absolute Gasteiger partial charge is 0.364 e. The number of hydrogen-bond acceptors (Lipinski definition) is 6. The molecule has 0 atom stereocenters. The van der Waals surface area contributed by atoms with E-state index in [-0.39, 0.29) is 11.6 Å². The van der Waals surface area contributed by atoms with Crippen LogP contribution in [0.1, 0.15) is 18.5 Å². The quantitative estimate of drug-likeness (QED) is 0.595. The van der Waals surface area contributed by atoms with Crippen LogP contribution in [0.3, 0.4) is 0 Å². The Kier molecular flexibility index (Phi) is 5.47. The molecule has 1 aromatic carbocycles. The SMILES string of the molecule is Cc1nn(C)c(NCC2CCN(S(=O)(=O)c3ccccc3)CC2)c1[N+](=O)[O-]. The first-order valence-electron chi connectivity index (χ1n) is 8.77. The van der Waals surface area contributed by atoms with Crippen molar-refractivity contribution in [1.29, 1.82) is 0 Å². The second-order valence-electron chi connectivity index (χ2n) is 6.70. The fourth-order valence-electron chi connectivity index (χ4n) is 3.40. The van der Waals surface area contributed by atoms with E-state index in [1.807, 2.05) is 0 Å². The fraction of sp³-hybridized carbons (Fsp3) is 0.471. The maximum Gasteiger partial charge on any atom is 0.333 e. The van der Waals surface area contributed by atoms with Gasteiger partial charge < -0.3 is 5.32 Å². The van der Waals surface area contributed by atoms with E-state index in [1.54, 1.807) is 44.3 Å². The van der Waals surface area contributed by atoms with Crippen molar-refractivity contribution in [2.24, 2.45) is 13.0 Å². The van der Waals surface area contributed by atoms with Crippen LogP contribution in [-0.4, -0.2) is 47.1 Å². The number of aryl methyl sites for hydroxylation is 2. The predicted octanol–water partition coefficient (Wildman–Crippen LogP) is 2.15. The summed E-state index contributed by atoms with van der Waals surface area (Å²) in [7, 11) is -1.80. The summed E-state index contributed by atoms with van der Waals surface area (Å²) in [4.78, 5) is 11.1. The summed E-state index contributed by atoms with van der Waals surface area (Å²) in [5.74, 6) is 0.624. The van der Waals surface area contributed by atoms with Gasteiger partial charge in [0.05, 0.1) is 9.82 Å². The molecule has 0 bridgehead atoms. The summed E-state index contributed by atoms with van der Waals surface area (Å²) in [6, 6.07) is 8.43. The van der Waals surface area contributed by atoms with Crippen LogP contribution < -0.4 is 5.32 Å². The van der Waals surface area contributed by atoms with Gasteiger partial charge in [-0.2, -0.15) is 9.40 Å². The molecule has 1 fully saturated rings. The van der Waals surface area contributed by atoms with Gasteiger partial charge in [0.15, 0.2) is 0 Å². The van der Waals surface area contributed by atoms with E-state index in [2.05, 4.69) is 10.4 Å². The normalized spacial score (nSPS) is 16.4. The second kappa shape index (κ2) is 7.65. The Morgan fingerprint density at radius 2 is 1.89 bits per heavy atom. The third-order valence-electron chi connectivity index (χ3n) is 4.89. The van der Waals surface area contributed by atoms with E-state index in [1.165, 1.54) is 8.99 Å². The highest BCUT2D eigenvalue weighted by Crippen LogP contribution is 2.29. The lowest BCUT2D eigenvalue weighted by molar-refractivity contribution is -0.384. The molecule has 1 aliphatic rings.